The fourth-order valence-corrected chi connectivity index (χ4v) is 1.82. The number of nitrogens with zero attached hydrogens (tertiary/aromatic N) is 3. The van der Waals surface area contributed by atoms with Crippen LogP contribution in [0, 0.1) is 13.8 Å². The Morgan fingerprint density at radius 1 is 1.27 bits per heavy atom. The van der Waals surface area contributed by atoms with Crippen LogP contribution in [-0.4, -0.2) is 14.3 Å². The van der Waals surface area contributed by atoms with Crippen molar-refractivity contribution in [2.24, 2.45) is 12.8 Å². The van der Waals surface area contributed by atoms with E-state index in [1.807, 2.05) is 17.8 Å². The molecule has 0 atom stereocenters. The lowest BCUT2D eigenvalue weighted by molar-refractivity contribution is 0.700. The molecule has 2 heterocycles. The SMILES string of the molecule is Cc1ccc(C)n1-c1cc(CN)n(C)n1. The van der Waals surface area contributed by atoms with E-state index in [9.17, 15) is 0 Å². The van der Waals surface area contributed by atoms with Crippen LogP contribution in [0.1, 0.15) is 17.1 Å². The number of rotatable bonds is 2. The van der Waals surface area contributed by atoms with Gasteiger partial charge in [0.2, 0.25) is 0 Å². The topological polar surface area (TPSA) is 48.8 Å². The van der Waals surface area contributed by atoms with Gasteiger partial charge in [-0.05, 0) is 26.0 Å². The highest BCUT2D eigenvalue weighted by Crippen LogP contribution is 2.15. The van der Waals surface area contributed by atoms with Gasteiger partial charge in [0.15, 0.2) is 5.82 Å². The quantitative estimate of drug-likeness (QED) is 0.801. The molecule has 0 aliphatic carbocycles. The highest BCUT2D eigenvalue weighted by molar-refractivity contribution is 5.32. The minimum atomic E-state index is 0.517. The molecule has 80 valence electrons. The normalized spacial score (nSPS) is 10.9. The van der Waals surface area contributed by atoms with E-state index in [0.717, 1.165) is 11.5 Å². The fourth-order valence-electron chi connectivity index (χ4n) is 1.82. The Hall–Kier alpha value is -1.55. The maximum absolute atomic E-state index is 5.62. The third-order valence-electron chi connectivity index (χ3n) is 2.67. The van der Waals surface area contributed by atoms with E-state index in [-0.39, 0.29) is 0 Å². The second-order valence-corrected chi connectivity index (χ2v) is 3.77. The van der Waals surface area contributed by atoms with Gasteiger partial charge in [-0.15, -0.1) is 0 Å². The molecule has 0 saturated carbocycles. The first-order valence-electron chi connectivity index (χ1n) is 5.02. The monoisotopic (exact) mass is 204 g/mol. The molecular weight excluding hydrogens is 188 g/mol. The minimum Gasteiger partial charge on any atom is -0.325 e. The second kappa shape index (κ2) is 3.55. The van der Waals surface area contributed by atoms with Crippen LogP contribution in [0.25, 0.3) is 5.82 Å². The molecule has 2 aromatic rings. The first-order chi connectivity index (χ1) is 7.13. The highest BCUT2D eigenvalue weighted by atomic mass is 15.3. The molecule has 2 N–H and O–H groups in total. The smallest absolute Gasteiger partial charge is 0.159 e. The van der Waals surface area contributed by atoms with Gasteiger partial charge in [0.25, 0.3) is 0 Å². The average molecular weight is 204 g/mol. The Balaban J connectivity index is 2.54. The molecule has 0 aliphatic heterocycles. The summed E-state index contributed by atoms with van der Waals surface area (Å²) in [6.45, 7) is 4.66. The Kier molecular flexibility index (Phi) is 2.36. The van der Waals surface area contributed by atoms with E-state index in [1.54, 1.807) is 0 Å². The lowest BCUT2D eigenvalue weighted by Gasteiger charge is -2.03. The summed E-state index contributed by atoms with van der Waals surface area (Å²) in [5.74, 6) is 0.943. The molecule has 2 aromatic heterocycles. The molecular formula is C11H16N4. The Bertz CT molecular complexity index is 459. The third-order valence-corrected chi connectivity index (χ3v) is 2.67. The van der Waals surface area contributed by atoms with Crippen LogP contribution in [0.3, 0.4) is 0 Å². The zero-order valence-corrected chi connectivity index (χ0v) is 9.36. The first kappa shape index (κ1) is 9.98. The van der Waals surface area contributed by atoms with Crippen molar-refractivity contribution in [1.82, 2.24) is 14.3 Å². The molecule has 0 aliphatic rings. The van der Waals surface area contributed by atoms with E-state index in [4.69, 9.17) is 5.73 Å². The molecule has 0 amide bonds. The second-order valence-electron chi connectivity index (χ2n) is 3.77. The summed E-state index contributed by atoms with van der Waals surface area (Å²) in [6.07, 6.45) is 0. The summed E-state index contributed by atoms with van der Waals surface area (Å²) >= 11 is 0. The third kappa shape index (κ3) is 1.57. The molecule has 0 unspecified atom stereocenters. The average Bonchev–Trinajstić information content (AvgIpc) is 2.70. The zero-order chi connectivity index (χ0) is 11.0. The summed E-state index contributed by atoms with van der Waals surface area (Å²) in [6, 6.07) is 6.21. The fraction of sp³-hybridized carbons (Fsp3) is 0.364. The van der Waals surface area contributed by atoms with Crippen LogP contribution >= 0.6 is 0 Å². The van der Waals surface area contributed by atoms with E-state index in [1.165, 1.54) is 11.4 Å². The van der Waals surface area contributed by atoms with Crippen molar-refractivity contribution in [3.63, 3.8) is 0 Å². The molecule has 0 bridgehead atoms. The molecule has 0 fully saturated rings. The van der Waals surface area contributed by atoms with Gasteiger partial charge in [-0.1, -0.05) is 0 Å². The van der Waals surface area contributed by atoms with Crippen molar-refractivity contribution in [2.45, 2.75) is 20.4 Å². The van der Waals surface area contributed by atoms with Crippen molar-refractivity contribution >= 4 is 0 Å². The predicted molar refractivity (Wildman–Crippen MR) is 59.9 cm³/mol. The van der Waals surface area contributed by atoms with Gasteiger partial charge in [0, 0.05) is 31.0 Å². The molecule has 4 nitrogen and oxygen atoms in total. The van der Waals surface area contributed by atoms with Gasteiger partial charge in [-0.2, -0.15) is 5.10 Å². The lowest BCUT2D eigenvalue weighted by atomic mass is 10.4. The maximum Gasteiger partial charge on any atom is 0.159 e. The van der Waals surface area contributed by atoms with Crippen molar-refractivity contribution in [3.8, 4) is 5.82 Å². The molecule has 2 rings (SSSR count). The first-order valence-corrected chi connectivity index (χ1v) is 5.02. The van der Waals surface area contributed by atoms with Gasteiger partial charge in [-0.25, -0.2) is 0 Å². The van der Waals surface area contributed by atoms with Gasteiger partial charge in [0.05, 0.1) is 5.69 Å². The predicted octanol–water partition coefficient (Wildman–Crippen LogP) is 1.29. The number of hydrogen-bond acceptors (Lipinski definition) is 2. The van der Waals surface area contributed by atoms with Gasteiger partial charge in [0.1, 0.15) is 0 Å². The van der Waals surface area contributed by atoms with E-state index in [2.05, 4.69) is 35.6 Å². The Morgan fingerprint density at radius 2 is 1.87 bits per heavy atom. The van der Waals surface area contributed by atoms with Crippen LogP contribution in [0.2, 0.25) is 0 Å². The standard InChI is InChI=1S/C11H16N4/c1-8-4-5-9(2)15(8)11-6-10(7-12)14(3)13-11/h4-6H,7,12H2,1-3H3. The molecule has 15 heavy (non-hydrogen) atoms. The van der Waals surface area contributed by atoms with Crippen LogP contribution in [0.4, 0.5) is 0 Å². The van der Waals surface area contributed by atoms with Crippen LogP contribution in [0.15, 0.2) is 18.2 Å². The van der Waals surface area contributed by atoms with Crippen molar-refractivity contribution in [1.29, 1.82) is 0 Å². The molecule has 0 saturated heterocycles. The lowest BCUT2D eigenvalue weighted by Crippen LogP contribution is -2.04. The van der Waals surface area contributed by atoms with Crippen molar-refractivity contribution in [2.75, 3.05) is 0 Å². The zero-order valence-electron chi connectivity index (χ0n) is 9.36. The van der Waals surface area contributed by atoms with Gasteiger partial charge < -0.3 is 10.3 Å². The van der Waals surface area contributed by atoms with Crippen molar-refractivity contribution < 1.29 is 0 Å². The summed E-state index contributed by atoms with van der Waals surface area (Å²) in [4.78, 5) is 0. The highest BCUT2D eigenvalue weighted by Gasteiger charge is 2.09. The summed E-state index contributed by atoms with van der Waals surface area (Å²) in [7, 11) is 1.92. The van der Waals surface area contributed by atoms with Gasteiger partial charge in [-0.3, -0.25) is 4.68 Å². The van der Waals surface area contributed by atoms with Crippen LogP contribution in [-0.2, 0) is 13.6 Å². The number of nitrogens with two attached hydrogens (primary N) is 1. The number of hydrogen-bond donors (Lipinski definition) is 1. The molecule has 4 heteroatoms. The van der Waals surface area contributed by atoms with E-state index >= 15 is 0 Å². The largest absolute Gasteiger partial charge is 0.325 e. The summed E-state index contributed by atoms with van der Waals surface area (Å²) < 4.78 is 3.95. The van der Waals surface area contributed by atoms with Crippen molar-refractivity contribution in [3.05, 3.63) is 35.3 Å². The molecule has 0 radical (unpaired) electrons. The Morgan fingerprint density at radius 3 is 2.33 bits per heavy atom. The molecule has 0 aromatic carbocycles. The van der Waals surface area contributed by atoms with Crippen LogP contribution < -0.4 is 5.73 Å². The number of aryl methyl sites for hydroxylation is 3. The minimum absolute atomic E-state index is 0.517. The van der Waals surface area contributed by atoms with Crippen LogP contribution in [0.5, 0.6) is 0 Å². The molecule has 0 spiro atoms. The summed E-state index contributed by atoms with van der Waals surface area (Å²) in [5, 5.41) is 4.45. The Labute approximate surface area is 89.3 Å². The number of aromatic nitrogens is 3. The van der Waals surface area contributed by atoms with E-state index < -0.39 is 0 Å². The van der Waals surface area contributed by atoms with E-state index in [0.29, 0.717) is 6.54 Å². The summed E-state index contributed by atoms with van der Waals surface area (Å²) in [5.41, 5.74) is 9.04. The maximum atomic E-state index is 5.62. The van der Waals surface area contributed by atoms with Gasteiger partial charge >= 0.3 is 0 Å².